The Morgan fingerprint density at radius 3 is 3.00 bits per heavy atom. The van der Waals surface area contributed by atoms with Crippen LogP contribution in [0, 0.1) is 5.82 Å². The molecule has 1 aliphatic heterocycles. The third kappa shape index (κ3) is 3.48. The van der Waals surface area contributed by atoms with E-state index in [-0.39, 0.29) is 5.82 Å². The second kappa shape index (κ2) is 7.58. The van der Waals surface area contributed by atoms with E-state index in [0.29, 0.717) is 18.4 Å². The molecule has 1 saturated heterocycles. The van der Waals surface area contributed by atoms with Crippen molar-refractivity contribution >= 4 is 5.82 Å². The molecule has 0 bridgehead atoms. The quantitative estimate of drug-likeness (QED) is 0.864. The lowest BCUT2D eigenvalue weighted by molar-refractivity contribution is 0.424. The highest BCUT2D eigenvalue weighted by atomic mass is 19.1. The minimum atomic E-state index is -0.142. The van der Waals surface area contributed by atoms with Crippen LogP contribution in [0.4, 0.5) is 10.2 Å². The molecule has 1 N–H and O–H groups in total. The van der Waals surface area contributed by atoms with E-state index in [2.05, 4.69) is 22.1 Å². The molecule has 1 atom stereocenters. The van der Waals surface area contributed by atoms with Gasteiger partial charge < -0.3 is 10.2 Å². The smallest absolute Gasteiger partial charge is 0.170 e. The minimum Gasteiger partial charge on any atom is -0.351 e. The first-order valence-electron chi connectivity index (χ1n) is 7.88. The lowest BCUT2D eigenvalue weighted by Gasteiger charge is -2.37. The Morgan fingerprint density at radius 1 is 1.40 bits per heavy atom. The fraction of sp³-hybridized carbons (Fsp3) is 0.688. The number of nitrogens with zero attached hydrogens (tertiary/aromatic N) is 2. The summed E-state index contributed by atoms with van der Waals surface area (Å²) >= 11 is 0. The maximum Gasteiger partial charge on any atom is 0.170 e. The zero-order chi connectivity index (χ0) is 14.4. The zero-order valence-corrected chi connectivity index (χ0v) is 12.7. The van der Waals surface area contributed by atoms with Crippen molar-refractivity contribution in [3.05, 3.63) is 23.6 Å². The molecule has 0 radical (unpaired) electrons. The summed E-state index contributed by atoms with van der Waals surface area (Å²) in [4.78, 5) is 6.52. The van der Waals surface area contributed by atoms with Crippen LogP contribution in [0.1, 0.15) is 51.5 Å². The SMILES string of the molecule is CCCC1CCCCN1c1nccc(CNCC)c1F. The molecule has 1 aromatic rings. The molecule has 0 saturated carbocycles. The summed E-state index contributed by atoms with van der Waals surface area (Å²) in [6.45, 7) is 6.57. The second-order valence-corrected chi connectivity index (χ2v) is 5.52. The van der Waals surface area contributed by atoms with Crippen LogP contribution in [-0.4, -0.2) is 24.1 Å². The Hall–Kier alpha value is -1.16. The van der Waals surface area contributed by atoms with Gasteiger partial charge in [0, 0.05) is 30.9 Å². The minimum absolute atomic E-state index is 0.142. The van der Waals surface area contributed by atoms with Gasteiger partial charge in [0.15, 0.2) is 11.6 Å². The van der Waals surface area contributed by atoms with Crippen LogP contribution in [0.25, 0.3) is 0 Å². The average Bonchev–Trinajstić information content (AvgIpc) is 2.47. The molecular formula is C16H26FN3. The van der Waals surface area contributed by atoms with Gasteiger partial charge in [-0.1, -0.05) is 20.3 Å². The Balaban J connectivity index is 2.21. The van der Waals surface area contributed by atoms with Crippen molar-refractivity contribution in [1.29, 1.82) is 0 Å². The number of anilines is 1. The molecular weight excluding hydrogens is 253 g/mol. The van der Waals surface area contributed by atoms with E-state index >= 15 is 0 Å². The van der Waals surface area contributed by atoms with Crippen molar-refractivity contribution < 1.29 is 4.39 Å². The highest BCUT2D eigenvalue weighted by Crippen LogP contribution is 2.28. The number of rotatable bonds is 6. The van der Waals surface area contributed by atoms with Crippen LogP contribution in [0.3, 0.4) is 0 Å². The van der Waals surface area contributed by atoms with Crippen molar-refractivity contribution in [2.24, 2.45) is 0 Å². The Labute approximate surface area is 121 Å². The summed E-state index contributed by atoms with van der Waals surface area (Å²) < 4.78 is 14.6. The molecule has 2 heterocycles. The van der Waals surface area contributed by atoms with Crippen molar-refractivity contribution in [2.45, 2.75) is 58.5 Å². The third-order valence-electron chi connectivity index (χ3n) is 4.04. The fourth-order valence-electron chi connectivity index (χ4n) is 2.98. The van der Waals surface area contributed by atoms with Crippen molar-refractivity contribution in [3.63, 3.8) is 0 Å². The number of aromatic nitrogens is 1. The zero-order valence-electron chi connectivity index (χ0n) is 12.7. The van der Waals surface area contributed by atoms with Gasteiger partial charge in [0.1, 0.15) is 0 Å². The summed E-state index contributed by atoms with van der Waals surface area (Å²) in [5.41, 5.74) is 0.720. The van der Waals surface area contributed by atoms with Gasteiger partial charge in [-0.3, -0.25) is 0 Å². The highest BCUT2D eigenvalue weighted by Gasteiger charge is 2.25. The largest absolute Gasteiger partial charge is 0.351 e. The molecule has 0 amide bonds. The van der Waals surface area contributed by atoms with E-state index in [9.17, 15) is 4.39 Å². The van der Waals surface area contributed by atoms with Crippen molar-refractivity contribution in [2.75, 3.05) is 18.0 Å². The monoisotopic (exact) mass is 279 g/mol. The molecule has 2 rings (SSSR count). The van der Waals surface area contributed by atoms with Crippen molar-refractivity contribution in [1.82, 2.24) is 10.3 Å². The molecule has 1 aliphatic rings. The third-order valence-corrected chi connectivity index (χ3v) is 4.04. The molecule has 0 aliphatic carbocycles. The first-order chi connectivity index (χ1) is 9.77. The molecule has 1 fully saturated rings. The number of hydrogen-bond acceptors (Lipinski definition) is 3. The first kappa shape index (κ1) is 15.2. The van der Waals surface area contributed by atoms with E-state index in [0.717, 1.165) is 44.3 Å². The Bertz CT molecular complexity index is 420. The summed E-state index contributed by atoms with van der Waals surface area (Å²) in [7, 11) is 0. The molecule has 20 heavy (non-hydrogen) atoms. The van der Waals surface area contributed by atoms with E-state index in [1.54, 1.807) is 12.3 Å². The van der Waals surface area contributed by atoms with Gasteiger partial charge in [-0.05, 0) is 38.3 Å². The maximum absolute atomic E-state index is 14.6. The first-order valence-corrected chi connectivity index (χ1v) is 7.88. The molecule has 4 heteroatoms. The van der Waals surface area contributed by atoms with Crippen LogP contribution < -0.4 is 10.2 Å². The number of pyridine rings is 1. The Kier molecular flexibility index (Phi) is 5.77. The molecule has 0 aromatic carbocycles. The van der Waals surface area contributed by atoms with Gasteiger partial charge in [-0.25, -0.2) is 9.37 Å². The number of nitrogens with one attached hydrogen (secondary N) is 1. The lowest BCUT2D eigenvalue weighted by Crippen LogP contribution is -2.40. The van der Waals surface area contributed by atoms with Crippen LogP contribution in [0.2, 0.25) is 0 Å². The van der Waals surface area contributed by atoms with Crippen LogP contribution in [-0.2, 0) is 6.54 Å². The number of hydrogen-bond donors (Lipinski definition) is 1. The average molecular weight is 279 g/mol. The van der Waals surface area contributed by atoms with Crippen LogP contribution >= 0.6 is 0 Å². The molecule has 1 aromatic heterocycles. The predicted molar refractivity (Wildman–Crippen MR) is 81.5 cm³/mol. The fourth-order valence-corrected chi connectivity index (χ4v) is 2.98. The van der Waals surface area contributed by atoms with E-state index < -0.39 is 0 Å². The van der Waals surface area contributed by atoms with Gasteiger partial charge in [-0.15, -0.1) is 0 Å². The standard InChI is InChI=1S/C16H26FN3/c1-3-7-14-8-5-6-11-20(14)16-15(17)13(9-10-19-16)12-18-4-2/h9-10,14,18H,3-8,11-12H2,1-2H3. The molecule has 3 nitrogen and oxygen atoms in total. The van der Waals surface area contributed by atoms with E-state index in [1.165, 1.54) is 6.42 Å². The topological polar surface area (TPSA) is 28.2 Å². The Morgan fingerprint density at radius 2 is 2.25 bits per heavy atom. The van der Waals surface area contributed by atoms with Gasteiger partial charge in [-0.2, -0.15) is 0 Å². The molecule has 0 spiro atoms. The normalized spacial score (nSPS) is 19.4. The number of halogens is 1. The summed E-state index contributed by atoms with van der Waals surface area (Å²) in [6, 6.07) is 2.23. The predicted octanol–water partition coefficient (Wildman–Crippen LogP) is 3.49. The van der Waals surface area contributed by atoms with Gasteiger partial charge >= 0.3 is 0 Å². The van der Waals surface area contributed by atoms with Crippen LogP contribution in [0.15, 0.2) is 12.3 Å². The molecule has 112 valence electrons. The van der Waals surface area contributed by atoms with Gasteiger partial charge in [0.2, 0.25) is 0 Å². The van der Waals surface area contributed by atoms with Gasteiger partial charge in [0.05, 0.1) is 0 Å². The van der Waals surface area contributed by atoms with Crippen LogP contribution in [0.5, 0.6) is 0 Å². The van der Waals surface area contributed by atoms with Crippen molar-refractivity contribution in [3.8, 4) is 0 Å². The van der Waals surface area contributed by atoms with E-state index in [4.69, 9.17) is 0 Å². The summed E-state index contributed by atoms with van der Waals surface area (Å²) in [5, 5.41) is 3.19. The lowest BCUT2D eigenvalue weighted by atomic mass is 9.98. The second-order valence-electron chi connectivity index (χ2n) is 5.52. The highest BCUT2D eigenvalue weighted by molar-refractivity contribution is 5.44. The van der Waals surface area contributed by atoms with Gasteiger partial charge in [0.25, 0.3) is 0 Å². The number of piperidine rings is 1. The molecule has 1 unspecified atom stereocenters. The maximum atomic E-state index is 14.6. The summed E-state index contributed by atoms with van der Waals surface area (Å²) in [5.74, 6) is 0.412. The summed E-state index contributed by atoms with van der Waals surface area (Å²) in [6.07, 6.45) is 7.55. The van der Waals surface area contributed by atoms with E-state index in [1.807, 2.05) is 6.92 Å².